The lowest BCUT2D eigenvalue weighted by atomic mass is 10.1. The smallest absolute Gasteiger partial charge is 0.251 e. The predicted octanol–water partition coefficient (Wildman–Crippen LogP) is 3.10. The van der Waals surface area contributed by atoms with Crippen molar-refractivity contribution in [2.45, 2.75) is 6.04 Å². The molecular formula is C18H19ClN2O3. The van der Waals surface area contributed by atoms with E-state index in [-0.39, 0.29) is 18.7 Å². The van der Waals surface area contributed by atoms with Crippen LogP contribution in [0.5, 0.6) is 11.5 Å². The Labute approximate surface area is 146 Å². The van der Waals surface area contributed by atoms with Gasteiger partial charge in [0.2, 0.25) is 6.79 Å². The quantitative estimate of drug-likeness (QED) is 0.903. The molecule has 0 fully saturated rings. The van der Waals surface area contributed by atoms with Crippen LogP contribution in [0.3, 0.4) is 0 Å². The fourth-order valence-corrected chi connectivity index (χ4v) is 2.74. The highest BCUT2D eigenvalue weighted by Gasteiger charge is 2.18. The van der Waals surface area contributed by atoms with Gasteiger partial charge >= 0.3 is 0 Å². The molecule has 1 aliphatic heterocycles. The number of nitrogens with one attached hydrogen (secondary N) is 1. The Morgan fingerprint density at radius 2 is 1.88 bits per heavy atom. The summed E-state index contributed by atoms with van der Waals surface area (Å²) in [5.41, 5.74) is 1.64. The van der Waals surface area contributed by atoms with Gasteiger partial charge in [0.25, 0.3) is 5.91 Å². The third-order valence-corrected chi connectivity index (χ3v) is 4.22. The summed E-state index contributed by atoms with van der Waals surface area (Å²) in [5.74, 6) is 1.12. The molecule has 6 heteroatoms. The van der Waals surface area contributed by atoms with Gasteiger partial charge in [-0.25, -0.2) is 0 Å². The number of likely N-dealkylation sites (N-methyl/N-ethyl adjacent to an activating group) is 1. The van der Waals surface area contributed by atoms with Crippen LogP contribution in [0.1, 0.15) is 22.0 Å². The van der Waals surface area contributed by atoms with E-state index in [0.717, 1.165) is 5.56 Å². The van der Waals surface area contributed by atoms with Crippen LogP contribution >= 0.6 is 11.6 Å². The number of carbonyl (C=O) groups excluding carboxylic acids is 1. The van der Waals surface area contributed by atoms with Crippen LogP contribution < -0.4 is 14.8 Å². The first-order valence-corrected chi connectivity index (χ1v) is 8.02. The van der Waals surface area contributed by atoms with E-state index in [0.29, 0.717) is 28.6 Å². The summed E-state index contributed by atoms with van der Waals surface area (Å²) in [7, 11) is 3.96. The minimum absolute atomic E-state index is 0.0558. The number of nitrogens with zero attached hydrogens (tertiary/aromatic N) is 1. The Bertz CT molecular complexity index is 732. The summed E-state index contributed by atoms with van der Waals surface area (Å²) >= 11 is 5.94. The van der Waals surface area contributed by atoms with Crippen LogP contribution in [-0.4, -0.2) is 38.2 Å². The van der Waals surface area contributed by atoms with Gasteiger partial charge in [-0.05, 0) is 50.0 Å². The van der Waals surface area contributed by atoms with E-state index < -0.39 is 0 Å². The van der Waals surface area contributed by atoms with Crippen LogP contribution in [0.4, 0.5) is 0 Å². The van der Waals surface area contributed by atoms with Crippen LogP contribution in [0.2, 0.25) is 5.02 Å². The fraction of sp³-hybridized carbons (Fsp3) is 0.278. The lowest BCUT2D eigenvalue weighted by molar-refractivity contribution is 0.0941. The predicted molar refractivity (Wildman–Crippen MR) is 92.8 cm³/mol. The second kappa shape index (κ2) is 7.11. The molecule has 0 saturated heterocycles. The summed E-state index contributed by atoms with van der Waals surface area (Å²) < 4.78 is 10.6. The van der Waals surface area contributed by atoms with Crippen LogP contribution in [0.25, 0.3) is 0 Å². The second-order valence-electron chi connectivity index (χ2n) is 5.81. The number of hydrogen-bond donors (Lipinski definition) is 1. The van der Waals surface area contributed by atoms with E-state index in [2.05, 4.69) is 10.2 Å². The maximum Gasteiger partial charge on any atom is 0.251 e. The number of hydrogen-bond acceptors (Lipinski definition) is 4. The number of carbonyl (C=O) groups is 1. The van der Waals surface area contributed by atoms with E-state index in [4.69, 9.17) is 21.1 Å². The Hall–Kier alpha value is -2.24. The molecule has 1 aliphatic rings. The number of ether oxygens (including phenoxy) is 2. The maximum absolute atomic E-state index is 12.4. The molecule has 0 spiro atoms. The summed E-state index contributed by atoms with van der Waals surface area (Å²) in [4.78, 5) is 14.5. The maximum atomic E-state index is 12.4. The average molecular weight is 347 g/mol. The van der Waals surface area contributed by atoms with E-state index in [9.17, 15) is 4.79 Å². The van der Waals surface area contributed by atoms with Crippen molar-refractivity contribution in [1.82, 2.24) is 10.2 Å². The second-order valence-corrected chi connectivity index (χ2v) is 6.25. The molecule has 1 heterocycles. The third kappa shape index (κ3) is 3.63. The molecule has 2 aromatic carbocycles. The molecule has 0 radical (unpaired) electrons. The standard InChI is InChI=1S/C18H19ClN2O3/c1-21(2)15(12-3-6-14(19)7-4-12)10-20-18(22)13-5-8-16-17(9-13)24-11-23-16/h3-9,15H,10-11H2,1-2H3,(H,20,22). The van der Waals surface area contributed by atoms with Gasteiger partial charge in [0, 0.05) is 17.1 Å². The molecule has 5 nitrogen and oxygen atoms in total. The molecule has 1 unspecified atom stereocenters. The normalized spacial score (nSPS) is 13.8. The lowest BCUT2D eigenvalue weighted by Gasteiger charge is -2.25. The summed E-state index contributed by atoms with van der Waals surface area (Å²) in [6.45, 7) is 0.682. The first-order chi connectivity index (χ1) is 11.5. The molecule has 126 valence electrons. The van der Waals surface area contributed by atoms with Crippen molar-refractivity contribution >= 4 is 17.5 Å². The van der Waals surface area contributed by atoms with Gasteiger partial charge < -0.3 is 19.7 Å². The van der Waals surface area contributed by atoms with Crippen molar-refractivity contribution in [3.05, 3.63) is 58.6 Å². The van der Waals surface area contributed by atoms with Crippen molar-refractivity contribution < 1.29 is 14.3 Å². The lowest BCUT2D eigenvalue weighted by Crippen LogP contribution is -2.34. The van der Waals surface area contributed by atoms with Crippen molar-refractivity contribution in [2.24, 2.45) is 0 Å². The Morgan fingerprint density at radius 3 is 2.58 bits per heavy atom. The number of halogens is 1. The molecule has 2 aromatic rings. The highest BCUT2D eigenvalue weighted by atomic mass is 35.5. The van der Waals surface area contributed by atoms with Gasteiger partial charge in [-0.2, -0.15) is 0 Å². The number of benzene rings is 2. The molecule has 0 aromatic heterocycles. The Kier molecular flexibility index (Phi) is 4.92. The minimum Gasteiger partial charge on any atom is -0.454 e. The van der Waals surface area contributed by atoms with Crippen molar-refractivity contribution in [1.29, 1.82) is 0 Å². The average Bonchev–Trinajstić information content (AvgIpc) is 3.03. The first-order valence-electron chi connectivity index (χ1n) is 7.64. The SMILES string of the molecule is CN(C)C(CNC(=O)c1ccc2c(c1)OCO2)c1ccc(Cl)cc1. The van der Waals surface area contributed by atoms with Crippen LogP contribution in [0.15, 0.2) is 42.5 Å². The topological polar surface area (TPSA) is 50.8 Å². The zero-order valence-electron chi connectivity index (χ0n) is 13.6. The monoisotopic (exact) mass is 346 g/mol. The van der Waals surface area contributed by atoms with Gasteiger partial charge in [-0.15, -0.1) is 0 Å². The number of fused-ring (bicyclic) bond motifs is 1. The van der Waals surface area contributed by atoms with Gasteiger partial charge in [-0.3, -0.25) is 4.79 Å². The van der Waals surface area contributed by atoms with Gasteiger partial charge in [0.1, 0.15) is 0 Å². The highest BCUT2D eigenvalue weighted by Crippen LogP contribution is 2.32. The molecule has 1 N–H and O–H groups in total. The largest absolute Gasteiger partial charge is 0.454 e. The highest BCUT2D eigenvalue weighted by molar-refractivity contribution is 6.30. The van der Waals surface area contributed by atoms with E-state index >= 15 is 0 Å². The van der Waals surface area contributed by atoms with Crippen molar-refractivity contribution in [3.63, 3.8) is 0 Å². The molecule has 3 rings (SSSR count). The fourth-order valence-electron chi connectivity index (χ4n) is 2.61. The van der Waals surface area contributed by atoms with E-state index in [1.54, 1.807) is 18.2 Å². The van der Waals surface area contributed by atoms with E-state index in [1.807, 2.05) is 38.4 Å². The Morgan fingerprint density at radius 1 is 1.17 bits per heavy atom. The summed E-state index contributed by atoms with van der Waals surface area (Å²) in [6, 6.07) is 12.9. The number of rotatable bonds is 5. The summed E-state index contributed by atoms with van der Waals surface area (Å²) in [5, 5.41) is 3.67. The Balaban J connectivity index is 1.68. The number of amides is 1. The summed E-state index contributed by atoms with van der Waals surface area (Å²) in [6.07, 6.45) is 0. The van der Waals surface area contributed by atoms with Gasteiger partial charge in [-0.1, -0.05) is 23.7 Å². The van der Waals surface area contributed by atoms with Gasteiger partial charge in [0.15, 0.2) is 11.5 Å². The van der Waals surface area contributed by atoms with E-state index in [1.165, 1.54) is 0 Å². The molecule has 1 atom stereocenters. The molecule has 0 saturated carbocycles. The first kappa shape index (κ1) is 16.6. The van der Waals surface area contributed by atoms with Crippen LogP contribution in [-0.2, 0) is 0 Å². The minimum atomic E-state index is -0.144. The molecule has 24 heavy (non-hydrogen) atoms. The molecule has 0 bridgehead atoms. The van der Waals surface area contributed by atoms with Crippen molar-refractivity contribution in [3.8, 4) is 11.5 Å². The molecular weight excluding hydrogens is 328 g/mol. The van der Waals surface area contributed by atoms with Gasteiger partial charge in [0.05, 0.1) is 6.04 Å². The third-order valence-electron chi connectivity index (χ3n) is 3.97. The zero-order chi connectivity index (χ0) is 17.1. The molecule has 1 amide bonds. The van der Waals surface area contributed by atoms with Crippen LogP contribution in [0, 0.1) is 0 Å². The zero-order valence-corrected chi connectivity index (χ0v) is 14.3. The molecule has 0 aliphatic carbocycles. The van der Waals surface area contributed by atoms with Crippen molar-refractivity contribution in [2.75, 3.05) is 27.4 Å².